The summed E-state index contributed by atoms with van der Waals surface area (Å²) >= 11 is 0. The van der Waals surface area contributed by atoms with Crippen LogP contribution in [0.2, 0.25) is 0 Å². The Labute approximate surface area is 142 Å². The summed E-state index contributed by atoms with van der Waals surface area (Å²) in [6.07, 6.45) is 3.70. The number of benzene rings is 2. The zero-order valence-electron chi connectivity index (χ0n) is 13.7. The minimum absolute atomic E-state index is 0.132. The number of aromatic hydroxyl groups is 2. The normalized spacial score (nSPS) is 15.9. The number of phenols is 2. The lowest BCUT2D eigenvalue weighted by atomic mass is 9.87. The molecular weight excluding hydrogens is 302 g/mol. The van der Waals surface area contributed by atoms with Gasteiger partial charge in [0.2, 0.25) is 5.91 Å². The van der Waals surface area contributed by atoms with E-state index in [4.69, 9.17) is 0 Å². The number of amides is 1. The molecule has 1 heterocycles. The topological polar surface area (TPSA) is 60.8 Å². The van der Waals surface area contributed by atoms with Crippen LogP contribution < -0.4 is 0 Å². The zero-order valence-corrected chi connectivity index (χ0v) is 13.7. The van der Waals surface area contributed by atoms with Gasteiger partial charge in [0.15, 0.2) is 0 Å². The van der Waals surface area contributed by atoms with E-state index in [9.17, 15) is 15.0 Å². The molecule has 4 heteroatoms. The van der Waals surface area contributed by atoms with Crippen molar-refractivity contribution in [2.24, 2.45) is 0 Å². The lowest BCUT2D eigenvalue weighted by molar-refractivity contribution is -0.132. The van der Waals surface area contributed by atoms with E-state index in [1.807, 2.05) is 23.1 Å². The quantitative estimate of drug-likeness (QED) is 0.902. The van der Waals surface area contributed by atoms with E-state index in [1.54, 1.807) is 30.3 Å². The molecule has 0 saturated carbocycles. The first kappa shape index (κ1) is 16.4. The molecule has 0 aliphatic carbocycles. The fourth-order valence-electron chi connectivity index (χ4n) is 3.32. The van der Waals surface area contributed by atoms with Gasteiger partial charge in [-0.25, -0.2) is 0 Å². The molecule has 4 nitrogen and oxygen atoms in total. The lowest BCUT2D eigenvalue weighted by Gasteiger charge is -2.29. The summed E-state index contributed by atoms with van der Waals surface area (Å²) in [6.45, 7) is 1.67. The van der Waals surface area contributed by atoms with Crippen LogP contribution in [0.25, 0.3) is 0 Å². The predicted octanol–water partition coefficient (Wildman–Crippen LogP) is 3.63. The largest absolute Gasteiger partial charge is 0.508 e. The summed E-state index contributed by atoms with van der Waals surface area (Å²) in [5.74, 6) is 0.417. The molecule has 3 rings (SSSR count). The third kappa shape index (κ3) is 3.88. The molecule has 0 aromatic heterocycles. The fourth-order valence-corrected chi connectivity index (χ4v) is 3.32. The molecule has 1 aliphatic heterocycles. The second-order valence-corrected chi connectivity index (χ2v) is 6.38. The molecule has 0 unspecified atom stereocenters. The van der Waals surface area contributed by atoms with Crippen molar-refractivity contribution in [3.63, 3.8) is 0 Å². The molecule has 0 radical (unpaired) electrons. The Bertz CT molecular complexity index is 690. The Kier molecular flexibility index (Phi) is 5.04. The fraction of sp³-hybridized carbons (Fsp3) is 0.350. The van der Waals surface area contributed by atoms with Gasteiger partial charge >= 0.3 is 0 Å². The maximum absolute atomic E-state index is 12.7. The number of carbonyl (C=O) groups excluding carboxylic acids is 1. The Morgan fingerprint density at radius 1 is 0.917 bits per heavy atom. The Morgan fingerprint density at radius 2 is 1.62 bits per heavy atom. The van der Waals surface area contributed by atoms with Crippen LogP contribution in [0.4, 0.5) is 0 Å². The van der Waals surface area contributed by atoms with Crippen molar-refractivity contribution in [1.82, 2.24) is 4.90 Å². The number of carbonyl (C=O) groups is 1. The van der Waals surface area contributed by atoms with Crippen molar-refractivity contribution in [1.29, 1.82) is 0 Å². The summed E-state index contributed by atoms with van der Waals surface area (Å²) in [5, 5.41) is 19.3. The van der Waals surface area contributed by atoms with Gasteiger partial charge in [-0.3, -0.25) is 4.79 Å². The maximum Gasteiger partial charge on any atom is 0.223 e. The molecular formula is C20H23NO3. The molecule has 126 valence electrons. The van der Waals surface area contributed by atoms with Gasteiger partial charge in [-0.05, 0) is 54.7 Å². The Hall–Kier alpha value is -2.49. The number of nitrogens with zero attached hydrogens (tertiary/aromatic N) is 1. The van der Waals surface area contributed by atoms with Crippen molar-refractivity contribution in [3.05, 3.63) is 59.7 Å². The van der Waals surface area contributed by atoms with Crippen LogP contribution in [0.15, 0.2) is 48.5 Å². The zero-order chi connectivity index (χ0) is 16.9. The molecule has 0 bridgehead atoms. The second kappa shape index (κ2) is 7.39. The molecule has 0 spiro atoms. The van der Waals surface area contributed by atoms with Crippen LogP contribution in [0.1, 0.15) is 42.7 Å². The van der Waals surface area contributed by atoms with Crippen LogP contribution in [0.5, 0.6) is 11.5 Å². The smallest absolute Gasteiger partial charge is 0.223 e. The highest BCUT2D eigenvalue weighted by molar-refractivity contribution is 5.78. The molecule has 2 aromatic carbocycles. The van der Waals surface area contributed by atoms with Gasteiger partial charge in [0.05, 0.1) is 0 Å². The first-order valence-corrected chi connectivity index (χ1v) is 8.49. The summed E-state index contributed by atoms with van der Waals surface area (Å²) in [4.78, 5) is 14.7. The first-order chi connectivity index (χ1) is 11.6. The number of likely N-dealkylation sites (tertiary alicyclic amines) is 1. The van der Waals surface area contributed by atoms with Gasteiger partial charge in [0.25, 0.3) is 0 Å². The third-order valence-electron chi connectivity index (χ3n) is 4.66. The Balaban J connectivity index is 1.86. The summed E-state index contributed by atoms with van der Waals surface area (Å²) in [7, 11) is 0. The van der Waals surface area contributed by atoms with Crippen LogP contribution in [-0.4, -0.2) is 34.1 Å². The summed E-state index contributed by atoms with van der Waals surface area (Å²) < 4.78 is 0. The molecule has 2 aromatic rings. The number of piperidine rings is 1. The summed E-state index contributed by atoms with van der Waals surface area (Å²) in [5.41, 5.74) is 1.87. The number of rotatable bonds is 4. The molecule has 1 amide bonds. The van der Waals surface area contributed by atoms with Crippen molar-refractivity contribution in [2.45, 2.75) is 31.6 Å². The van der Waals surface area contributed by atoms with E-state index in [1.165, 1.54) is 6.42 Å². The highest BCUT2D eigenvalue weighted by atomic mass is 16.3. The Morgan fingerprint density at radius 3 is 2.29 bits per heavy atom. The molecule has 24 heavy (non-hydrogen) atoms. The molecule has 1 saturated heterocycles. The lowest BCUT2D eigenvalue weighted by Crippen LogP contribution is -2.36. The van der Waals surface area contributed by atoms with Crippen LogP contribution in [0.3, 0.4) is 0 Å². The first-order valence-electron chi connectivity index (χ1n) is 8.49. The average Bonchev–Trinajstić information content (AvgIpc) is 2.61. The van der Waals surface area contributed by atoms with Gasteiger partial charge < -0.3 is 15.1 Å². The standard InChI is InChI=1S/C20H23NO3/c22-17-9-7-15(8-10-17)19(16-5-4-6-18(23)13-16)14-20(24)21-11-2-1-3-12-21/h4-10,13,19,22-23H,1-3,11-12,14H2/t19-/m0/s1. The molecule has 1 fully saturated rings. The van der Waals surface area contributed by atoms with Crippen molar-refractivity contribution in [3.8, 4) is 11.5 Å². The van der Waals surface area contributed by atoms with Gasteiger partial charge in [0.1, 0.15) is 11.5 Å². The van der Waals surface area contributed by atoms with Crippen molar-refractivity contribution in [2.75, 3.05) is 13.1 Å². The highest BCUT2D eigenvalue weighted by Gasteiger charge is 2.23. The number of hydrogen-bond donors (Lipinski definition) is 2. The molecule has 2 N–H and O–H groups in total. The third-order valence-corrected chi connectivity index (χ3v) is 4.66. The van der Waals surface area contributed by atoms with Crippen molar-refractivity contribution >= 4 is 5.91 Å². The highest BCUT2D eigenvalue weighted by Crippen LogP contribution is 2.32. The predicted molar refractivity (Wildman–Crippen MR) is 93.1 cm³/mol. The van der Waals surface area contributed by atoms with E-state index in [0.717, 1.165) is 37.1 Å². The maximum atomic E-state index is 12.7. The minimum atomic E-state index is -0.132. The van der Waals surface area contributed by atoms with E-state index in [2.05, 4.69) is 0 Å². The molecule has 1 atom stereocenters. The van der Waals surface area contributed by atoms with E-state index >= 15 is 0 Å². The van der Waals surface area contributed by atoms with Crippen LogP contribution in [-0.2, 0) is 4.79 Å². The van der Waals surface area contributed by atoms with Gasteiger partial charge in [-0.15, -0.1) is 0 Å². The molecule has 1 aliphatic rings. The second-order valence-electron chi connectivity index (χ2n) is 6.38. The van der Waals surface area contributed by atoms with Crippen molar-refractivity contribution < 1.29 is 15.0 Å². The van der Waals surface area contributed by atoms with E-state index in [-0.39, 0.29) is 23.3 Å². The van der Waals surface area contributed by atoms with E-state index in [0.29, 0.717) is 6.42 Å². The summed E-state index contributed by atoms with van der Waals surface area (Å²) in [6, 6.07) is 14.0. The number of hydrogen-bond acceptors (Lipinski definition) is 3. The average molecular weight is 325 g/mol. The minimum Gasteiger partial charge on any atom is -0.508 e. The van der Waals surface area contributed by atoms with Crippen LogP contribution >= 0.6 is 0 Å². The van der Waals surface area contributed by atoms with Crippen LogP contribution in [0, 0.1) is 0 Å². The van der Waals surface area contributed by atoms with Gasteiger partial charge in [-0.1, -0.05) is 24.3 Å². The monoisotopic (exact) mass is 325 g/mol. The SMILES string of the molecule is O=C(C[C@@H](c1ccc(O)cc1)c1cccc(O)c1)N1CCCCC1. The van der Waals surface area contributed by atoms with Gasteiger partial charge in [0, 0.05) is 25.4 Å². The van der Waals surface area contributed by atoms with Gasteiger partial charge in [-0.2, -0.15) is 0 Å². The van der Waals surface area contributed by atoms with E-state index < -0.39 is 0 Å². The number of phenolic OH excluding ortho intramolecular Hbond substituents is 2.